The fourth-order valence-corrected chi connectivity index (χ4v) is 4.53. The van der Waals surface area contributed by atoms with Crippen LogP contribution in [0, 0.1) is 6.92 Å². The van der Waals surface area contributed by atoms with Gasteiger partial charge in [0.05, 0.1) is 16.7 Å². The van der Waals surface area contributed by atoms with E-state index < -0.39 is 9.84 Å². The zero-order chi connectivity index (χ0) is 16.0. The van der Waals surface area contributed by atoms with Crippen LogP contribution in [0.3, 0.4) is 0 Å². The first-order chi connectivity index (χ1) is 11.0. The lowest BCUT2D eigenvalue weighted by Crippen LogP contribution is -2.12. The van der Waals surface area contributed by atoms with E-state index in [1.54, 1.807) is 29.8 Å². The molecule has 0 unspecified atom stereocenters. The summed E-state index contributed by atoms with van der Waals surface area (Å²) in [4.78, 5) is 9.84. The first-order valence-electron chi connectivity index (χ1n) is 6.99. The molecule has 0 amide bonds. The molecule has 3 aromatic heterocycles. The molecule has 0 saturated carbocycles. The average molecular weight is 347 g/mol. The van der Waals surface area contributed by atoms with Gasteiger partial charge in [0.1, 0.15) is 11.5 Å². The van der Waals surface area contributed by atoms with Gasteiger partial charge in [-0.1, -0.05) is 6.07 Å². The van der Waals surface area contributed by atoms with Crippen molar-refractivity contribution < 1.29 is 12.8 Å². The molecule has 0 aliphatic carbocycles. The number of aryl methyl sites for hydroxylation is 1. The van der Waals surface area contributed by atoms with Crippen molar-refractivity contribution >= 4 is 21.2 Å². The molecule has 0 aromatic carbocycles. The third-order valence-corrected chi connectivity index (χ3v) is 5.91. The molecule has 4 heterocycles. The first-order valence-corrected chi connectivity index (χ1v) is 9.58. The van der Waals surface area contributed by atoms with Gasteiger partial charge in [-0.3, -0.25) is 0 Å². The second-order valence-electron chi connectivity index (χ2n) is 5.28. The van der Waals surface area contributed by atoms with Crippen molar-refractivity contribution in [2.45, 2.75) is 13.0 Å². The van der Waals surface area contributed by atoms with Crippen molar-refractivity contribution in [1.82, 2.24) is 14.5 Å². The fourth-order valence-electron chi connectivity index (χ4n) is 2.61. The number of nitrogens with zero attached hydrogens (tertiary/aromatic N) is 3. The summed E-state index contributed by atoms with van der Waals surface area (Å²) in [5.41, 5.74) is 0.635. The Morgan fingerprint density at radius 1 is 1.43 bits per heavy atom. The molecule has 0 spiro atoms. The summed E-state index contributed by atoms with van der Waals surface area (Å²) in [7, 11) is -3.13. The summed E-state index contributed by atoms with van der Waals surface area (Å²) in [5.74, 6) is 1.87. The Morgan fingerprint density at radius 3 is 3.00 bits per heavy atom. The third-order valence-electron chi connectivity index (χ3n) is 3.68. The Labute approximate surface area is 137 Å². The van der Waals surface area contributed by atoms with Gasteiger partial charge in [-0.2, -0.15) is 0 Å². The second kappa shape index (κ2) is 5.17. The third kappa shape index (κ3) is 2.53. The number of imidazole rings is 1. The topological polar surface area (TPSA) is 78.0 Å². The molecule has 23 heavy (non-hydrogen) atoms. The monoisotopic (exact) mass is 347 g/mol. The maximum Gasteiger partial charge on any atom is 0.237 e. The molecule has 0 radical (unpaired) electrons. The lowest BCUT2D eigenvalue weighted by molar-refractivity contribution is 0.544. The summed E-state index contributed by atoms with van der Waals surface area (Å²) in [6.45, 7) is 1.83. The largest absolute Gasteiger partial charge is 0.440 e. The van der Waals surface area contributed by atoms with E-state index in [4.69, 9.17) is 4.42 Å². The van der Waals surface area contributed by atoms with Gasteiger partial charge in [0.2, 0.25) is 5.89 Å². The Hall–Kier alpha value is -2.19. The van der Waals surface area contributed by atoms with Gasteiger partial charge in [0.25, 0.3) is 0 Å². The Bertz CT molecular complexity index is 981. The van der Waals surface area contributed by atoms with Crippen LogP contribution in [0.1, 0.15) is 11.8 Å². The normalized spacial score (nSPS) is 19.4. The van der Waals surface area contributed by atoms with Crippen molar-refractivity contribution in [3.05, 3.63) is 47.2 Å². The van der Waals surface area contributed by atoms with E-state index >= 15 is 0 Å². The molecule has 4 rings (SSSR count). The van der Waals surface area contributed by atoms with Crippen molar-refractivity contribution in [3.63, 3.8) is 0 Å². The zero-order valence-corrected chi connectivity index (χ0v) is 13.8. The number of thiophene rings is 1. The van der Waals surface area contributed by atoms with Gasteiger partial charge in [-0.05, 0) is 24.4 Å². The zero-order valence-electron chi connectivity index (χ0n) is 12.2. The average Bonchev–Trinajstić information content (AvgIpc) is 3.23. The minimum atomic E-state index is -3.13. The van der Waals surface area contributed by atoms with Crippen LogP contribution in [0.25, 0.3) is 22.3 Å². The quantitative estimate of drug-likeness (QED) is 0.727. The number of hydrogen-bond acceptors (Lipinski definition) is 6. The molecule has 0 bridgehead atoms. The predicted molar refractivity (Wildman–Crippen MR) is 87.7 cm³/mol. The van der Waals surface area contributed by atoms with Crippen LogP contribution in [-0.4, -0.2) is 28.7 Å². The molecule has 118 valence electrons. The van der Waals surface area contributed by atoms with Crippen LogP contribution in [0.15, 0.2) is 45.8 Å². The van der Waals surface area contributed by atoms with Gasteiger partial charge in [-0.25, -0.2) is 18.4 Å². The fraction of sp³-hybridized carbons (Fsp3) is 0.200. The molecule has 8 heteroatoms. The van der Waals surface area contributed by atoms with Crippen LogP contribution >= 0.6 is 11.3 Å². The highest BCUT2D eigenvalue weighted by Gasteiger charge is 2.27. The lowest BCUT2D eigenvalue weighted by Gasteiger charge is -2.11. The van der Waals surface area contributed by atoms with Crippen LogP contribution in [0.2, 0.25) is 0 Å². The maximum absolute atomic E-state index is 11.7. The van der Waals surface area contributed by atoms with E-state index in [1.165, 1.54) is 5.41 Å². The van der Waals surface area contributed by atoms with Crippen LogP contribution < -0.4 is 0 Å². The van der Waals surface area contributed by atoms with E-state index in [-0.39, 0.29) is 11.8 Å². The van der Waals surface area contributed by atoms with Gasteiger partial charge in [0, 0.05) is 17.8 Å². The highest BCUT2D eigenvalue weighted by molar-refractivity contribution is 7.94. The van der Waals surface area contributed by atoms with Crippen molar-refractivity contribution in [2.75, 3.05) is 5.75 Å². The number of aromatic nitrogens is 3. The summed E-state index contributed by atoms with van der Waals surface area (Å²) >= 11 is 1.55. The van der Waals surface area contributed by atoms with E-state index in [1.807, 2.05) is 29.0 Å². The highest BCUT2D eigenvalue weighted by atomic mass is 32.2. The highest BCUT2D eigenvalue weighted by Crippen LogP contribution is 2.32. The Balaban J connectivity index is 1.76. The molecule has 1 aliphatic rings. The van der Waals surface area contributed by atoms with Crippen molar-refractivity contribution in [3.8, 4) is 22.3 Å². The SMILES string of the molecule is Cc1oc(-c2cccs2)nc1-c1nccn1[C@@H]1C=CS(=O)(=O)C1. The lowest BCUT2D eigenvalue weighted by atomic mass is 10.3. The standard InChI is InChI=1S/C15H13N3O3S2/c1-10-13(17-15(21-10)12-3-2-7-22-12)14-16-5-6-18(14)11-4-8-23(19,20)9-11/h2-8,11H,9H2,1H3/t11-/m1/s1. The first kappa shape index (κ1) is 14.4. The molecule has 3 aromatic rings. The van der Waals surface area contributed by atoms with Crippen LogP contribution in [0.5, 0.6) is 0 Å². The number of sulfone groups is 1. The molecule has 0 saturated heterocycles. The van der Waals surface area contributed by atoms with E-state index in [2.05, 4.69) is 9.97 Å². The van der Waals surface area contributed by atoms with E-state index in [0.717, 1.165) is 4.88 Å². The summed E-state index contributed by atoms with van der Waals surface area (Å²) in [6, 6.07) is 3.62. The molecular formula is C15H13N3O3S2. The second-order valence-corrected chi connectivity index (χ2v) is 8.16. The number of hydrogen-bond donors (Lipinski definition) is 0. The number of oxazole rings is 1. The summed E-state index contributed by atoms with van der Waals surface area (Å²) in [6.07, 6.45) is 5.09. The maximum atomic E-state index is 11.7. The summed E-state index contributed by atoms with van der Waals surface area (Å²) in [5, 5.41) is 3.22. The molecule has 0 fully saturated rings. The van der Waals surface area contributed by atoms with Crippen LogP contribution in [0.4, 0.5) is 0 Å². The van der Waals surface area contributed by atoms with E-state index in [9.17, 15) is 8.42 Å². The van der Waals surface area contributed by atoms with Gasteiger partial charge >= 0.3 is 0 Å². The number of allylic oxidation sites excluding steroid dienone is 1. The predicted octanol–water partition coefficient (Wildman–Crippen LogP) is 3.06. The van der Waals surface area contributed by atoms with Crippen molar-refractivity contribution in [2.24, 2.45) is 0 Å². The molecule has 6 nitrogen and oxygen atoms in total. The number of rotatable bonds is 3. The smallest absolute Gasteiger partial charge is 0.237 e. The Morgan fingerprint density at radius 2 is 2.30 bits per heavy atom. The molecule has 0 N–H and O–H groups in total. The molecule has 1 aliphatic heterocycles. The van der Waals surface area contributed by atoms with Crippen LogP contribution in [-0.2, 0) is 9.84 Å². The molecule has 1 atom stereocenters. The van der Waals surface area contributed by atoms with Gasteiger partial charge < -0.3 is 8.98 Å². The molecular weight excluding hydrogens is 334 g/mol. The Kier molecular flexibility index (Phi) is 3.24. The van der Waals surface area contributed by atoms with E-state index in [0.29, 0.717) is 23.2 Å². The minimum absolute atomic E-state index is 0.0467. The van der Waals surface area contributed by atoms with Gasteiger partial charge in [0.15, 0.2) is 15.7 Å². The van der Waals surface area contributed by atoms with Crippen molar-refractivity contribution in [1.29, 1.82) is 0 Å². The minimum Gasteiger partial charge on any atom is -0.440 e. The van der Waals surface area contributed by atoms with Gasteiger partial charge in [-0.15, -0.1) is 11.3 Å². The summed E-state index contributed by atoms with van der Waals surface area (Å²) < 4.78 is 30.9.